The van der Waals surface area contributed by atoms with Gasteiger partial charge in [-0.25, -0.2) is 0 Å². The summed E-state index contributed by atoms with van der Waals surface area (Å²) in [4.78, 5) is 0. The van der Waals surface area contributed by atoms with Crippen LogP contribution in [0.15, 0.2) is 12.7 Å². The normalized spacial score (nSPS) is 9.44. The molecule has 0 aliphatic heterocycles. The smallest absolute Gasteiger partial charge is 0.388 e. The highest BCUT2D eigenvalue weighted by Crippen LogP contribution is 2.13. The first-order valence-corrected chi connectivity index (χ1v) is 2.08. The van der Waals surface area contributed by atoms with E-state index in [1.54, 1.807) is 14.2 Å². The minimum absolute atomic E-state index is 0.0625. The summed E-state index contributed by atoms with van der Waals surface area (Å²) >= 11 is 0. The van der Waals surface area contributed by atoms with Crippen molar-refractivity contribution in [3.05, 3.63) is 12.7 Å². The van der Waals surface area contributed by atoms with Gasteiger partial charge in [0.1, 0.15) is 0 Å². The van der Waals surface area contributed by atoms with Gasteiger partial charge in [0.05, 0.1) is 0 Å². The van der Waals surface area contributed by atoms with Gasteiger partial charge in [-0.2, -0.15) is 13.2 Å². The van der Waals surface area contributed by atoms with Gasteiger partial charge in [-0.15, -0.1) is 0 Å². The molecule has 0 radical (unpaired) electrons. The predicted octanol–water partition coefficient (Wildman–Crippen LogP) is 2.00. The molecule has 0 spiro atoms. The second-order valence-electron chi connectivity index (χ2n) is 1.15. The second kappa shape index (κ2) is 5.62. The van der Waals surface area contributed by atoms with E-state index in [4.69, 9.17) is 0 Å². The summed E-state index contributed by atoms with van der Waals surface area (Å²) in [5, 5.41) is 0. The third-order valence-corrected chi connectivity index (χ3v) is 0.231. The van der Waals surface area contributed by atoms with Crippen molar-refractivity contribution in [3.8, 4) is 0 Å². The van der Waals surface area contributed by atoms with E-state index in [9.17, 15) is 13.2 Å². The van der Waals surface area contributed by atoms with E-state index in [1.807, 2.05) is 0 Å². The van der Waals surface area contributed by atoms with E-state index in [2.05, 4.69) is 11.3 Å². The summed E-state index contributed by atoms with van der Waals surface area (Å²) < 4.78 is 36.2. The molecule has 0 unspecified atom stereocenters. The number of alkyl halides is 3. The Balaban J connectivity index is 0. The number of ether oxygens (including phenoxy) is 1. The number of methoxy groups -OCH3 is 1. The zero-order chi connectivity index (χ0) is 7.91. The highest BCUT2D eigenvalue weighted by molar-refractivity contribution is 4.75. The molecule has 0 heterocycles. The van der Waals surface area contributed by atoms with Crippen LogP contribution in [0.5, 0.6) is 0 Å². The Hall–Kier alpha value is -0.510. The van der Waals surface area contributed by atoms with Gasteiger partial charge in [0, 0.05) is 20.3 Å². The topological polar surface area (TPSA) is 9.23 Å². The average Bonchev–Trinajstić information content (AvgIpc) is 1.67. The van der Waals surface area contributed by atoms with Gasteiger partial charge >= 0.3 is 6.18 Å². The van der Waals surface area contributed by atoms with E-state index >= 15 is 0 Å². The molecule has 0 aromatic rings. The number of rotatable bonds is 0. The number of hydrogen-bond acceptors (Lipinski definition) is 1. The van der Waals surface area contributed by atoms with E-state index < -0.39 is 6.18 Å². The maximum Gasteiger partial charge on any atom is 0.409 e. The Labute approximate surface area is 52.1 Å². The van der Waals surface area contributed by atoms with Crippen molar-refractivity contribution in [2.24, 2.45) is 0 Å². The fraction of sp³-hybridized carbons (Fsp3) is 0.600. The molecular formula is C5H9F3O. The Bertz CT molecular complexity index is 67.1. The molecular weight excluding hydrogens is 133 g/mol. The highest BCUT2D eigenvalue weighted by atomic mass is 19.4. The fourth-order valence-corrected chi connectivity index (χ4v) is 0. The van der Waals surface area contributed by atoms with Crippen molar-refractivity contribution in [3.63, 3.8) is 0 Å². The fourth-order valence-electron chi connectivity index (χ4n) is 0. The van der Waals surface area contributed by atoms with Gasteiger partial charge in [-0.05, 0) is 0 Å². The Morgan fingerprint density at radius 1 is 1.33 bits per heavy atom. The van der Waals surface area contributed by atoms with Crippen molar-refractivity contribution >= 4 is 0 Å². The molecule has 0 aromatic carbocycles. The Morgan fingerprint density at radius 3 is 1.44 bits per heavy atom. The van der Waals surface area contributed by atoms with Crippen LogP contribution in [-0.4, -0.2) is 20.4 Å². The van der Waals surface area contributed by atoms with Crippen LogP contribution in [0, 0.1) is 0 Å². The van der Waals surface area contributed by atoms with E-state index in [0.29, 0.717) is 0 Å². The SMILES string of the molecule is C=CC(F)(F)F.COC. The summed E-state index contributed by atoms with van der Waals surface area (Å²) in [6.07, 6.45) is -4.26. The van der Waals surface area contributed by atoms with Crippen LogP contribution in [0.3, 0.4) is 0 Å². The van der Waals surface area contributed by atoms with Crippen molar-refractivity contribution in [1.29, 1.82) is 0 Å². The average molecular weight is 142 g/mol. The first kappa shape index (κ1) is 11.3. The predicted molar refractivity (Wildman–Crippen MR) is 29.2 cm³/mol. The van der Waals surface area contributed by atoms with Crippen LogP contribution < -0.4 is 0 Å². The van der Waals surface area contributed by atoms with Crippen LogP contribution in [0.1, 0.15) is 0 Å². The molecule has 0 saturated carbocycles. The zero-order valence-corrected chi connectivity index (χ0v) is 5.33. The Morgan fingerprint density at radius 2 is 1.44 bits per heavy atom. The third kappa shape index (κ3) is 36.4. The van der Waals surface area contributed by atoms with Crippen molar-refractivity contribution in [2.45, 2.75) is 6.18 Å². The quantitative estimate of drug-likeness (QED) is 0.470. The van der Waals surface area contributed by atoms with E-state index in [0.717, 1.165) is 0 Å². The summed E-state index contributed by atoms with van der Waals surface area (Å²) in [5.74, 6) is 0. The summed E-state index contributed by atoms with van der Waals surface area (Å²) in [5.41, 5.74) is 0. The maximum absolute atomic E-state index is 10.7. The number of halogens is 3. The molecule has 0 saturated heterocycles. The van der Waals surface area contributed by atoms with Gasteiger partial charge < -0.3 is 4.74 Å². The van der Waals surface area contributed by atoms with E-state index in [-0.39, 0.29) is 6.08 Å². The van der Waals surface area contributed by atoms with E-state index in [1.165, 1.54) is 0 Å². The molecule has 4 heteroatoms. The van der Waals surface area contributed by atoms with Crippen LogP contribution >= 0.6 is 0 Å². The molecule has 0 fully saturated rings. The lowest BCUT2D eigenvalue weighted by Crippen LogP contribution is -1.98. The monoisotopic (exact) mass is 142 g/mol. The van der Waals surface area contributed by atoms with Crippen LogP contribution in [-0.2, 0) is 4.74 Å². The lowest BCUT2D eigenvalue weighted by Gasteiger charge is -1.91. The van der Waals surface area contributed by atoms with Crippen LogP contribution in [0.2, 0.25) is 0 Å². The van der Waals surface area contributed by atoms with Gasteiger partial charge in [0.2, 0.25) is 0 Å². The lowest BCUT2D eigenvalue weighted by atomic mass is 10.6. The molecule has 0 N–H and O–H groups in total. The number of allylic oxidation sites excluding steroid dienone is 1. The van der Waals surface area contributed by atoms with Gasteiger partial charge in [0.25, 0.3) is 0 Å². The first-order valence-electron chi connectivity index (χ1n) is 2.08. The van der Waals surface area contributed by atoms with Gasteiger partial charge in [-0.1, -0.05) is 6.58 Å². The molecule has 0 amide bonds. The summed E-state index contributed by atoms with van der Waals surface area (Å²) in [6, 6.07) is 0. The standard InChI is InChI=1S/C3H3F3.C2H6O/c1-2-3(4,5)6;1-3-2/h2H,1H2;1-2H3. The first-order chi connectivity index (χ1) is 3.97. The molecule has 1 nitrogen and oxygen atoms in total. The lowest BCUT2D eigenvalue weighted by molar-refractivity contribution is -0.0795. The number of hydrogen-bond donors (Lipinski definition) is 0. The highest BCUT2D eigenvalue weighted by Gasteiger charge is 2.19. The summed E-state index contributed by atoms with van der Waals surface area (Å²) in [7, 11) is 3.25. The minimum Gasteiger partial charge on any atom is -0.388 e. The molecule has 0 aromatic heterocycles. The molecule has 0 bridgehead atoms. The molecule has 56 valence electrons. The van der Waals surface area contributed by atoms with Crippen molar-refractivity contribution in [1.82, 2.24) is 0 Å². The summed E-state index contributed by atoms with van der Waals surface area (Å²) in [6.45, 7) is 2.51. The van der Waals surface area contributed by atoms with Gasteiger partial charge in [0.15, 0.2) is 0 Å². The molecule has 0 rings (SSSR count). The largest absolute Gasteiger partial charge is 0.409 e. The van der Waals surface area contributed by atoms with Crippen molar-refractivity contribution < 1.29 is 17.9 Å². The van der Waals surface area contributed by atoms with Crippen LogP contribution in [0.25, 0.3) is 0 Å². The zero-order valence-electron chi connectivity index (χ0n) is 5.33. The molecule has 9 heavy (non-hydrogen) atoms. The minimum atomic E-state index is -4.19. The van der Waals surface area contributed by atoms with Gasteiger partial charge in [-0.3, -0.25) is 0 Å². The van der Waals surface area contributed by atoms with Crippen LogP contribution in [0.4, 0.5) is 13.2 Å². The molecule has 0 aliphatic carbocycles. The third-order valence-electron chi connectivity index (χ3n) is 0.231. The maximum atomic E-state index is 10.7. The molecule has 0 aliphatic rings. The molecule has 0 atom stereocenters. The van der Waals surface area contributed by atoms with Crippen molar-refractivity contribution in [2.75, 3.05) is 14.2 Å². The second-order valence-corrected chi connectivity index (χ2v) is 1.15. The Kier molecular flexibility index (Phi) is 7.07.